The second kappa shape index (κ2) is 9.33. The molecule has 2 heterocycles. The number of rotatable bonds is 6. The van der Waals surface area contributed by atoms with Crippen molar-refractivity contribution < 1.29 is 14.4 Å². The van der Waals surface area contributed by atoms with Crippen molar-refractivity contribution in [2.24, 2.45) is 4.99 Å². The van der Waals surface area contributed by atoms with Crippen LogP contribution in [0.4, 0.5) is 10.8 Å². The Morgan fingerprint density at radius 2 is 2.14 bits per heavy atom. The quantitative estimate of drug-likeness (QED) is 0.501. The van der Waals surface area contributed by atoms with E-state index in [1.54, 1.807) is 30.5 Å². The number of nitrogens with one attached hydrogen (secondary N) is 2. The average molecular weight is 455 g/mol. The van der Waals surface area contributed by atoms with E-state index in [1.807, 2.05) is 0 Å². The minimum Gasteiger partial charge on any atom is -0.303 e. The number of anilines is 1. The van der Waals surface area contributed by atoms with Gasteiger partial charge in [-0.15, -0.1) is 0 Å². The van der Waals surface area contributed by atoms with E-state index in [1.165, 1.54) is 23.1 Å². The van der Waals surface area contributed by atoms with Gasteiger partial charge in [0.25, 0.3) is 5.91 Å². The van der Waals surface area contributed by atoms with Gasteiger partial charge in [0.15, 0.2) is 10.3 Å². The van der Waals surface area contributed by atoms with E-state index in [0.29, 0.717) is 42.1 Å². The minimum absolute atomic E-state index is 0.103. The standard InChI is InChI=1S/C17H12Cl2N4O3S2/c18-11-4-3-9(6-12(11)19)21-17-23-15(26)13(28-17)7-10-8-20-16(27-10)22-14(25)2-1-5-24/h3-8H,1-2H2,(H,20,22,25)(H,21,23,26)/b13-7-. The molecular weight excluding hydrogens is 443 g/mol. The first kappa shape index (κ1) is 20.5. The number of thioether (sulfide) groups is 1. The third-order valence-corrected chi connectivity index (χ3v) is 5.83. The van der Waals surface area contributed by atoms with E-state index >= 15 is 0 Å². The maximum absolute atomic E-state index is 12.2. The highest BCUT2D eigenvalue weighted by molar-refractivity contribution is 8.18. The number of aliphatic imine (C=N–C) groups is 1. The van der Waals surface area contributed by atoms with Crippen molar-refractivity contribution in [3.8, 4) is 0 Å². The molecule has 2 amide bonds. The molecular formula is C17H12Cl2N4O3S2. The van der Waals surface area contributed by atoms with E-state index in [4.69, 9.17) is 23.2 Å². The second-order valence-electron chi connectivity index (χ2n) is 5.40. The van der Waals surface area contributed by atoms with Gasteiger partial charge in [-0.1, -0.05) is 34.5 Å². The van der Waals surface area contributed by atoms with Gasteiger partial charge >= 0.3 is 0 Å². The Balaban J connectivity index is 1.69. The molecule has 2 aromatic rings. The van der Waals surface area contributed by atoms with Crippen LogP contribution in [-0.4, -0.2) is 28.3 Å². The number of benzene rings is 1. The normalized spacial score (nSPS) is 16.4. The molecule has 3 rings (SSSR count). The summed E-state index contributed by atoms with van der Waals surface area (Å²) in [6.07, 6.45) is 4.16. The van der Waals surface area contributed by atoms with Gasteiger partial charge in [-0.25, -0.2) is 9.98 Å². The summed E-state index contributed by atoms with van der Waals surface area (Å²) in [6.45, 7) is 0. The molecule has 11 heteroatoms. The Kier molecular flexibility index (Phi) is 6.84. The SMILES string of the molecule is O=CCCC(=O)Nc1ncc(/C=C2\SC(=Nc3ccc(Cl)c(Cl)c3)NC2=O)s1. The van der Waals surface area contributed by atoms with Crippen molar-refractivity contribution in [3.63, 3.8) is 0 Å². The number of aldehydes is 1. The third-order valence-electron chi connectivity index (χ3n) is 3.32. The first-order valence-corrected chi connectivity index (χ1v) is 10.3. The molecule has 144 valence electrons. The highest BCUT2D eigenvalue weighted by Crippen LogP contribution is 2.32. The minimum atomic E-state index is -0.287. The van der Waals surface area contributed by atoms with Crippen LogP contribution in [0.5, 0.6) is 0 Å². The van der Waals surface area contributed by atoms with Crippen LogP contribution in [0.1, 0.15) is 17.7 Å². The van der Waals surface area contributed by atoms with E-state index in [9.17, 15) is 14.4 Å². The third kappa shape index (κ3) is 5.41. The fourth-order valence-electron chi connectivity index (χ4n) is 2.06. The van der Waals surface area contributed by atoms with Crippen molar-refractivity contribution in [1.29, 1.82) is 0 Å². The number of halogens is 2. The highest BCUT2D eigenvalue weighted by atomic mass is 35.5. The van der Waals surface area contributed by atoms with Crippen LogP contribution in [0.25, 0.3) is 6.08 Å². The lowest BCUT2D eigenvalue weighted by Gasteiger charge is -1.98. The maximum Gasteiger partial charge on any atom is 0.264 e. The molecule has 0 saturated carbocycles. The number of carbonyl (C=O) groups excluding carboxylic acids is 3. The Morgan fingerprint density at radius 3 is 2.89 bits per heavy atom. The predicted octanol–water partition coefficient (Wildman–Crippen LogP) is 4.26. The number of hydrogen-bond acceptors (Lipinski definition) is 7. The molecule has 28 heavy (non-hydrogen) atoms. The van der Waals surface area contributed by atoms with Gasteiger partial charge in [-0.05, 0) is 36.0 Å². The number of hydrogen-bond donors (Lipinski definition) is 2. The summed E-state index contributed by atoms with van der Waals surface area (Å²) in [5.41, 5.74) is 0.566. The van der Waals surface area contributed by atoms with Gasteiger partial charge in [0.2, 0.25) is 5.91 Å². The number of amidine groups is 1. The monoisotopic (exact) mass is 454 g/mol. The average Bonchev–Trinajstić information content (AvgIpc) is 3.23. The summed E-state index contributed by atoms with van der Waals surface area (Å²) < 4.78 is 0. The topological polar surface area (TPSA) is 101 Å². The Hall–Kier alpha value is -2.20. The summed E-state index contributed by atoms with van der Waals surface area (Å²) in [4.78, 5) is 43.6. The van der Waals surface area contributed by atoms with Crippen LogP contribution in [0.15, 0.2) is 34.3 Å². The zero-order chi connectivity index (χ0) is 20.1. The Morgan fingerprint density at radius 1 is 1.32 bits per heavy atom. The summed E-state index contributed by atoms with van der Waals surface area (Å²) >= 11 is 14.3. The predicted molar refractivity (Wildman–Crippen MR) is 113 cm³/mol. The molecule has 1 aliphatic heterocycles. The lowest BCUT2D eigenvalue weighted by Crippen LogP contribution is -2.19. The largest absolute Gasteiger partial charge is 0.303 e. The molecule has 0 bridgehead atoms. The second-order valence-corrected chi connectivity index (χ2v) is 8.31. The fraction of sp³-hybridized carbons (Fsp3) is 0.118. The molecule has 1 aromatic heterocycles. The van der Waals surface area contributed by atoms with Crippen LogP contribution < -0.4 is 10.6 Å². The van der Waals surface area contributed by atoms with Crippen molar-refractivity contribution in [2.75, 3.05) is 5.32 Å². The number of carbonyl (C=O) groups is 3. The molecule has 7 nitrogen and oxygen atoms in total. The van der Waals surface area contributed by atoms with Crippen LogP contribution in [0.3, 0.4) is 0 Å². The highest BCUT2D eigenvalue weighted by Gasteiger charge is 2.24. The first-order chi connectivity index (χ1) is 13.4. The van der Waals surface area contributed by atoms with Crippen molar-refractivity contribution in [2.45, 2.75) is 12.8 Å². The van der Waals surface area contributed by atoms with Gasteiger partial charge in [-0.2, -0.15) is 0 Å². The Labute approximate surface area is 178 Å². The molecule has 1 saturated heterocycles. The van der Waals surface area contributed by atoms with Gasteiger partial charge in [-0.3, -0.25) is 9.59 Å². The van der Waals surface area contributed by atoms with Crippen molar-refractivity contribution in [3.05, 3.63) is 44.2 Å². The zero-order valence-corrected chi connectivity index (χ0v) is 17.2. The summed E-state index contributed by atoms with van der Waals surface area (Å²) in [6, 6.07) is 4.93. The zero-order valence-electron chi connectivity index (χ0n) is 14.1. The maximum atomic E-state index is 12.2. The smallest absolute Gasteiger partial charge is 0.264 e. The van der Waals surface area contributed by atoms with E-state index < -0.39 is 0 Å². The van der Waals surface area contributed by atoms with E-state index in [0.717, 1.165) is 0 Å². The van der Waals surface area contributed by atoms with Gasteiger partial charge in [0.05, 0.1) is 25.5 Å². The molecule has 0 spiro atoms. The number of nitrogens with zero attached hydrogens (tertiary/aromatic N) is 2. The van der Waals surface area contributed by atoms with Crippen LogP contribution in [0.2, 0.25) is 10.0 Å². The molecule has 0 aliphatic carbocycles. The number of aromatic nitrogens is 1. The van der Waals surface area contributed by atoms with E-state index in [-0.39, 0.29) is 24.7 Å². The van der Waals surface area contributed by atoms with Gasteiger partial charge < -0.3 is 15.4 Å². The van der Waals surface area contributed by atoms with Crippen LogP contribution in [-0.2, 0) is 14.4 Å². The van der Waals surface area contributed by atoms with Crippen LogP contribution >= 0.6 is 46.3 Å². The van der Waals surface area contributed by atoms with Crippen LogP contribution in [0, 0.1) is 0 Å². The Bertz CT molecular complexity index is 1000. The molecule has 2 N–H and O–H groups in total. The lowest BCUT2D eigenvalue weighted by molar-refractivity contribution is -0.118. The van der Waals surface area contributed by atoms with Gasteiger partial charge in [0.1, 0.15) is 6.29 Å². The summed E-state index contributed by atoms with van der Waals surface area (Å²) in [5.74, 6) is -0.571. The lowest BCUT2D eigenvalue weighted by atomic mass is 10.3. The molecule has 1 aliphatic rings. The van der Waals surface area contributed by atoms with Crippen molar-refractivity contribution in [1.82, 2.24) is 10.3 Å². The molecule has 1 aromatic carbocycles. The molecule has 0 radical (unpaired) electrons. The fourth-order valence-corrected chi connectivity index (χ4v) is 4.04. The number of amides is 2. The molecule has 0 unspecified atom stereocenters. The molecule has 0 atom stereocenters. The van der Waals surface area contributed by atoms with Gasteiger partial charge in [0, 0.05) is 19.0 Å². The first-order valence-electron chi connectivity index (χ1n) is 7.88. The summed E-state index contributed by atoms with van der Waals surface area (Å²) in [5, 5.41) is 6.91. The summed E-state index contributed by atoms with van der Waals surface area (Å²) in [7, 11) is 0. The van der Waals surface area contributed by atoms with E-state index in [2.05, 4.69) is 20.6 Å². The molecule has 1 fully saturated rings. The number of thiazole rings is 1. The van der Waals surface area contributed by atoms with Crippen molar-refractivity contribution >= 4 is 86.5 Å².